The molecule has 1 unspecified atom stereocenters. The van der Waals surface area contributed by atoms with Crippen LogP contribution in [0.2, 0.25) is 0 Å². The Hall–Kier alpha value is -2.25. The number of rotatable bonds is 6. The van der Waals surface area contributed by atoms with E-state index in [0.717, 1.165) is 28.5 Å². The standard InChI is InChI=1S/C17H15NO2S/c18-12-21-16(10-11-17(19)20)15-9-5-4-8-14(15)13-6-2-1-3-7-13/h1-9,16H,10-11H2,(H,19,20). The second kappa shape index (κ2) is 7.51. The van der Waals surface area contributed by atoms with Crippen LogP contribution in [0.25, 0.3) is 11.1 Å². The van der Waals surface area contributed by atoms with E-state index in [1.54, 1.807) is 0 Å². The molecule has 106 valence electrons. The molecule has 3 nitrogen and oxygen atoms in total. The van der Waals surface area contributed by atoms with Crippen LogP contribution < -0.4 is 0 Å². The Labute approximate surface area is 128 Å². The van der Waals surface area contributed by atoms with Crippen molar-refractivity contribution < 1.29 is 9.90 Å². The predicted octanol–water partition coefficient (Wildman–Crippen LogP) is 4.47. The number of thioether (sulfide) groups is 1. The number of thiocyanates is 1. The first-order chi connectivity index (χ1) is 10.2. The van der Waals surface area contributed by atoms with Crippen LogP contribution in [-0.4, -0.2) is 11.1 Å². The highest BCUT2D eigenvalue weighted by Crippen LogP contribution is 2.38. The van der Waals surface area contributed by atoms with Crippen LogP contribution in [0, 0.1) is 10.7 Å². The zero-order valence-electron chi connectivity index (χ0n) is 11.4. The smallest absolute Gasteiger partial charge is 0.303 e. The van der Waals surface area contributed by atoms with E-state index >= 15 is 0 Å². The Morgan fingerprint density at radius 3 is 2.48 bits per heavy atom. The largest absolute Gasteiger partial charge is 0.481 e. The third-order valence-electron chi connectivity index (χ3n) is 3.21. The maximum Gasteiger partial charge on any atom is 0.303 e. The van der Waals surface area contributed by atoms with Gasteiger partial charge in [-0.25, -0.2) is 0 Å². The summed E-state index contributed by atoms with van der Waals surface area (Å²) in [5.74, 6) is -0.837. The molecule has 0 aromatic heterocycles. The molecular formula is C17H15NO2S. The van der Waals surface area contributed by atoms with Crippen molar-refractivity contribution in [3.05, 3.63) is 60.2 Å². The molecule has 0 aliphatic rings. The van der Waals surface area contributed by atoms with Crippen molar-refractivity contribution >= 4 is 17.7 Å². The van der Waals surface area contributed by atoms with E-state index in [1.165, 1.54) is 0 Å². The number of carboxylic acid groups (broad SMARTS) is 1. The Morgan fingerprint density at radius 1 is 1.14 bits per heavy atom. The molecule has 2 rings (SSSR count). The van der Waals surface area contributed by atoms with E-state index in [9.17, 15) is 4.79 Å². The van der Waals surface area contributed by atoms with Crippen molar-refractivity contribution in [2.24, 2.45) is 0 Å². The SMILES string of the molecule is N#CSC(CCC(=O)O)c1ccccc1-c1ccccc1. The zero-order valence-corrected chi connectivity index (χ0v) is 12.2. The van der Waals surface area contributed by atoms with Gasteiger partial charge in [0, 0.05) is 11.7 Å². The van der Waals surface area contributed by atoms with Crippen LogP contribution in [0.1, 0.15) is 23.7 Å². The second-order valence-electron chi connectivity index (χ2n) is 4.58. The van der Waals surface area contributed by atoms with Crippen LogP contribution in [-0.2, 0) is 4.79 Å². The number of hydrogen-bond donors (Lipinski definition) is 1. The Kier molecular flexibility index (Phi) is 5.42. The Balaban J connectivity index is 2.37. The lowest BCUT2D eigenvalue weighted by Gasteiger charge is -2.17. The highest BCUT2D eigenvalue weighted by molar-refractivity contribution is 8.03. The van der Waals surface area contributed by atoms with Gasteiger partial charge in [-0.15, -0.1) is 0 Å². The minimum atomic E-state index is -0.837. The Bertz CT molecular complexity index is 649. The highest BCUT2D eigenvalue weighted by Gasteiger charge is 2.18. The number of nitriles is 1. The van der Waals surface area contributed by atoms with Gasteiger partial charge in [0.2, 0.25) is 0 Å². The molecule has 0 spiro atoms. The lowest BCUT2D eigenvalue weighted by atomic mass is 9.96. The van der Waals surface area contributed by atoms with Gasteiger partial charge in [-0.1, -0.05) is 54.6 Å². The summed E-state index contributed by atoms with van der Waals surface area (Å²) in [5.41, 5.74) is 3.14. The topological polar surface area (TPSA) is 61.1 Å². The Morgan fingerprint density at radius 2 is 1.81 bits per heavy atom. The summed E-state index contributed by atoms with van der Waals surface area (Å²) in [4.78, 5) is 10.8. The van der Waals surface area contributed by atoms with Gasteiger partial charge >= 0.3 is 5.97 Å². The van der Waals surface area contributed by atoms with E-state index in [0.29, 0.717) is 6.42 Å². The van der Waals surface area contributed by atoms with Gasteiger partial charge in [-0.2, -0.15) is 5.26 Å². The van der Waals surface area contributed by atoms with E-state index in [4.69, 9.17) is 10.4 Å². The number of nitrogens with zero attached hydrogens (tertiary/aromatic N) is 1. The van der Waals surface area contributed by atoms with Gasteiger partial charge in [0.1, 0.15) is 5.40 Å². The fourth-order valence-electron chi connectivity index (χ4n) is 2.25. The quantitative estimate of drug-likeness (QED) is 0.799. The lowest BCUT2D eigenvalue weighted by Crippen LogP contribution is -2.01. The third kappa shape index (κ3) is 4.11. The highest BCUT2D eigenvalue weighted by atomic mass is 32.2. The van der Waals surface area contributed by atoms with Gasteiger partial charge in [-0.3, -0.25) is 4.79 Å². The van der Waals surface area contributed by atoms with Crippen molar-refractivity contribution in [1.29, 1.82) is 5.26 Å². The molecule has 0 aliphatic heterocycles. The summed E-state index contributed by atoms with van der Waals surface area (Å²) in [6.07, 6.45) is 0.500. The predicted molar refractivity (Wildman–Crippen MR) is 84.7 cm³/mol. The molecule has 0 saturated heterocycles. The number of hydrogen-bond acceptors (Lipinski definition) is 3. The zero-order chi connectivity index (χ0) is 15.1. The van der Waals surface area contributed by atoms with E-state index < -0.39 is 5.97 Å². The normalized spacial score (nSPS) is 11.6. The minimum Gasteiger partial charge on any atom is -0.481 e. The van der Waals surface area contributed by atoms with Crippen molar-refractivity contribution in [2.45, 2.75) is 18.1 Å². The molecule has 0 aliphatic carbocycles. The fraction of sp³-hybridized carbons (Fsp3) is 0.176. The molecule has 0 bridgehead atoms. The summed E-state index contributed by atoms with van der Waals surface area (Å²) in [5, 5.41) is 19.8. The summed E-state index contributed by atoms with van der Waals surface area (Å²) in [7, 11) is 0. The molecule has 0 heterocycles. The first kappa shape index (κ1) is 15.1. The van der Waals surface area contributed by atoms with Crippen LogP contribution in [0.3, 0.4) is 0 Å². The number of carboxylic acids is 1. The van der Waals surface area contributed by atoms with Gasteiger partial charge in [0.25, 0.3) is 0 Å². The molecule has 2 aromatic rings. The molecule has 0 saturated carbocycles. The van der Waals surface area contributed by atoms with Gasteiger partial charge < -0.3 is 5.11 Å². The fourth-order valence-corrected chi connectivity index (χ4v) is 2.95. The molecular weight excluding hydrogens is 282 g/mol. The van der Waals surface area contributed by atoms with Gasteiger partial charge in [0.15, 0.2) is 0 Å². The van der Waals surface area contributed by atoms with Crippen molar-refractivity contribution in [2.75, 3.05) is 0 Å². The van der Waals surface area contributed by atoms with E-state index in [1.807, 2.05) is 54.6 Å². The van der Waals surface area contributed by atoms with E-state index in [-0.39, 0.29) is 11.7 Å². The van der Waals surface area contributed by atoms with Crippen LogP contribution in [0.15, 0.2) is 54.6 Å². The average Bonchev–Trinajstić information content (AvgIpc) is 2.52. The maximum absolute atomic E-state index is 10.8. The summed E-state index contributed by atoms with van der Waals surface area (Å²) in [6, 6.07) is 17.8. The monoisotopic (exact) mass is 297 g/mol. The number of benzene rings is 2. The minimum absolute atomic E-state index is 0.0580. The molecule has 0 radical (unpaired) electrons. The number of carbonyl (C=O) groups is 1. The van der Waals surface area contributed by atoms with Gasteiger partial charge in [-0.05, 0) is 34.9 Å². The molecule has 1 N–H and O–H groups in total. The van der Waals surface area contributed by atoms with Crippen molar-refractivity contribution in [3.63, 3.8) is 0 Å². The van der Waals surface area contributed by atoms with Crippen molar-refractivity contribution in [3.8, 4) is 16.5 Å². The molecule has 0 fully saturated rings. The average molecular weight is 297 g/mol. The van der Waals surface area contributed by atoms with E-state index in [2.05, 4.69) is 5.40 Å². The molecule has 2 aromatic carbocycles. The summed E-state index contributed by atoms with van der Waals surface area (Å²) < 4.78 is 0. The van der Waals surface area contributed by atoms with Crippen LogP contribution >= 0.6 is 11.8 Å². The first-order valence-corrected chi connectivity index (χ1v) is 7.51. The van der Waals surface area contributed by atoms with Gasteiger partial charge in [0.05, 0.1) is 0 Å². The van der Waals surface area contributed by atoms with Crippen molar-refractivity contribution in [1.82, 2.24) is 0 Å². The van der Waals surface area contributed by atoms with Crippen LogP contribution in [0.5, 0.6) is 0 Å². The van der Waals surface area contributed by atoms with Crippen LogP contribution in [0.4, 0.5) is 0 Å². The molecule has 21 heavy (non-hydrogen) atoms. The number of aliphatic carboxylic acids is 1. The summed E-state index contributed by atoms with van der Waals surface area (Å²) in [6.45, 7) is 0. The first-order valence-electron chi connectivity index (χ1n) is 6.63. The molecule has 4 heteroatoms. The summed E-state index contributed by atoms with van der Waals surface area (Å²) >= 11 is 1.12. The molecule has 1 atom stereocenters. The lowest BCUT2D eigenvalue weighted by molar-refractivity contribution is -0.137. The maximum atomic E-state index is 10.8. The molecule has 0 amide bonds. The third-order valence-corrected chi connectivity index (χ3v) is 4.09. The second-order valence-corrected chi connectivity index (χ2v) is 5.57.